The molecular weight excluding hydrogens is 288 g/mol. The number of hydrogen-bond acceptors (Lipinski definition) is 3. The first-order valence-electron chi connectivity index (χ1n) is 6.74. The van der Waals surface area contributed by atoms with E-state index in [4.69, 9.17) is 21.8 Å². The van der Waals surface area contributed by atoms with Crippen LogP contribution in [0.15, 0.2) is 51.7 Å². The largest absolute Gasteiger partial charge is 0.419 e. The number of halogens is 1. The van der Waals surface area contributed by atoms with Crippen molar-refractivity contribution in [2.45, 2.75) is 19.5 Å². The van der Waals surface area contributed by atoms with E-state index in [-0.39, 0.29) is 11.8 Å². The Labute approximate surface area is 126 Å². The summed E-state index contributed by atoms with van der Waals surface area (Å²) in [6.07, 6.45) is 0. The highest BCUT2D eigenvalue weighted by atomic mass is 35.5. The summed E-state index contributed by atoms with van der Waals surface area (Å²) in [5, 5.41) is 0.646. The van der Waals surface area contributed by atoms with Gasteiger partial charge in [0.2, 0.25) is 0 Å². The fourth-order valence-electron chi connectivity index (χ4n) is 2.47. The van der Waals surface area contributed by atoms with Gasteiger partial charge in [0, 0.05) is 11.6 Å². The molecular formula is C16H15ClN2O2. The quantitative estimate of drug-likeness (QED) is 0.807. The molecule has 5 heteroatoms. The van der Waals surface area contributed by atoms with Crippen LogP contribution in [0.3, 0.4) is 0 Å². The maximum absolute atomic E-state index is 11.7. The second-order valence-electron chi connectivity index (χ2n) is 4.87. The van der Waals surface area contributed by atoms with Gasteiger partial charge in [0.15, 0.2) is 5.58 Å². The Balaban J connectivity index is 2.07. The van der Waals surface area contributed by atoms with Crippen LogP contribution in [-0.4, -0.2) is 4.57 Å². The zero-order valence-corrected chi connectivity index (χ0v) is 12.3. The van der Waals surface area contributed by atoms with E-state index in [2.05, 4.69) is 0 Å². The molecule has 0 spiro atoms. The number of benzene rings is 2. The average molecular weight is 303 g/mol. The third kappa shape index (κ3) is 2.48. The summed E-state index contributed by atoms with van der Waals surface area (Å²) >= 11 is 6.00. The molecule has 3 aromatic rings. The maximum Gasteiger partial charge on any atom is 0.419 e. The number of fused-ring (bicyclic) bond motifs is 1. The third-order valence-corrected chi connectivity index (χ3v) is 3.81. The Bertz CT molecular complexity index is 851. The summed E-state index contributed by atoms with van der Waals surface area (Å²) in [4.78, 5) is 11.7. The standard InChI is InChI=1S/C16H15ClN2O2/c1-2-19-13-7-6-11(9-14(13)21-16(19)20)15(18)10-4-3-5-12(17)8-10/h3-9,15H,2,18H2,1H3. The number of nitrogens with two attached hydrogens (primary N) is 1. The molecule has 0 bridgehead atoms. The molecule has 3 rings (SSSR count). The number of oxazole rings is 1. The van der Waals surface area contributed by atoms with Crippen molar-refractivity contribution in [2.75, 3.05) is 0 Å². The monoisotopic (exact) mass is 302 g/mol. The van der Waals surface area contributed by atoms with Gasteiger partial charge in [-0.05, 0) is 42.3 Å². The Kier molecular flexibility index (Phi) is 3.57. The lowest BCUT2D eigenvalue weighted by Crippen LogP contribution is -2.12. The van der Waals surface area contributed by atoms with Crippen LogP contribution >= 0.6 is 11.6 Å². The van der Waals surface area contributed by atoms with E-state index in [1.807, 2.05) is 43.3 Å². The molecule has 0 saturated carbocycles. The van der Waals surface area contributed by atoms with Crippen molar-refractivity contribution in [2.24, 2.45) is 5.73 Å². The molecule has 2 N–H and O–H groups in total. The molecule has 4 nitrogen and oxygen atoms in total. The second kappa shape index (κ2) is 5.39. The second-order valence-corrected chi connectivity index (χ2v) is 5.31. The van der Waals surface area contributed by atoms with Crippen LogP contribution in [0.1, 0.15) is 24.1 Å². The van der Waals surface area contributed by atoms with Crippen molar-refractivity contribution in [1.82, 2.24) is 4.57 Å². The van der Waals surface area contributed by atoms with Gasteiger partial charge in [-0.1, -0.05) is 29.8 Å². The number of rotatable bonds is 3. The lowest BCUT2D eigenvalue weighted by atomic mass is 9.99. The van der Waals surface area contributed by atoms with Crippen molar-refractivity contribution in [3.05, 3.63) is 69.2 Å². The minimum Gasteiger partial charge on any atom is -0.408 e. The first-order valence-corrected chi connectivity index (χ1v) is 7.12. The van der Waals surface area contributed by atoms with E-state index in [1.165, 1.54) is 0 Å². The summed E-state index contributed by atoms with van der Waals surface area (Å²) in [6.45, 7) is 2.48. The summed E-state index contributed by atoms with van der Waals surface area (Å²) in [5.74, 6) is -0.346. The Morgan fingerprint density at radius 3 is 2.71 bits per heavy atom. The summed E-state index contributed by atoms with van der Waals surface area (Å²) in [5.41, 5.74) is 9.40. The van der Waals surface area contributed by atoms with Gasteiger partial charge in [-0.25, -0.2) is 4.79 Å². The van der Waals surface area contributed by atoms with Gasteiger partial charge in [0.1, 0.15) is 0 Å². The molecule has 0 aliphatic rings. The van der Waals surface area contributed by atoms with Crippen LogP contribution in [0.4, 0.5) is 0 Å². The first-order chi connectivity index (χ1) is 10.1. The van der Waals surface area contributed by atoms with Crippen LogP contribution < -0.4 is 11.5 Å². The minimum atomic E-state index is -0.346. The van der Waals surface area contributed by atoms with Crippen molar-refractivity contribution >= 4 is 22.7 Å². The van der Waals surface area contributed by atoms with Gasteiger partial charge in [-0.15, -0.1) is 0 Å². The molecule has 0 aliphatic heterocycles. The Morgan fingerprint density at radius 2 is 2.00 bits per heavy atom. The summed E-state index contributed by atoms with van der Waals surface area (Å²) < 4.78 is 6.85. The predicted molar refractivity (Wildman–Crippen MR) is 83.6 cm³/mol. The fourth-order valence-corrected chi connectivity index (χ4v) is 2.67. The Morgan fingerprint density at radius 1 is 1.24 bits per heavy atom. The molecule has 0 aliphatic carbocycles. The molecule has 1 aromatic heterocycles. The van der Waals surface area contributed by atoms with E-state index >= 15 is 0 Å². The molecule has 0 saturated heterocycles. The highest BCUT2D eigenvalue weighted by Crippen LogP contribution is 2.25. The summed E-state index contributed by atoms with van der Waals surface area (Å²) in [6, 6.07) is 12.7. The molecule has 2 aromatic carbocycles. The van der Waals surface area contributed by atoms with Crippen LogP contribution in [0.2, 0.25) is 5.02 Å². The van der Waals surface area contributed by atoms with Crippen molar-refractivity contribution < 1.29 is 4.42 Å². The third-order valence-electron chi connectivity index (χ3n) is 3.58. The Hall–Kier alpha value is -2.04. The fraction of sp³-hybridized carbons (Fsp3) is 0.188. The van der Waals surface area contributed by atoms with Crippen LogP contribution in [0, 0.1) is 0 Å². The van der Waals surface area contributed by atoms with Crippen LogP contribution in [0.25, 0.3) is 11.1 Å². The predicted octanol–water partition coefficient (Wildman–Crippen LogP) is 3.32. The molecule has 108 valence electrons. The highest BCUT2D eigenvalue weighted by Gasteiger charge is 2.13. The van der Waals surface area contributed by atoms with E-state index in [9.17, 15) is 4.79 Å². The lowest BCUT2D eigenvalue weighted by Gasteiger charge is -2.12. The van der Waals surface area contributed by atoms with Gasteiger partial charge in [0.25, 0.3) is 0 Å². The molecule has 0 amide bonds. The number of hydrogen-bond donors (Lipinski definition) is 1. The van der Waals surface area contributed by atoms with Crippen LogP contribution in [0.5, 0.6) is 0 Å². The molecule has 0 radical (unpaired) electrons. The molecule has 0 fully saturated rings. The van der Waals surface area contributed by atoms with E-state index in [1.54, 1.807) is 10.6 Å². The summed E-state index contributed by atoms with van der Waals surface area (Å²) in [7, 11) is 0. The van der Waals surface area contributed by atoms with E-state index < -0.39 is 0 Å². The number of nitrogens with zero attached hydrogens (tertiary/aromatic N) is 1. The maximum atomic E-state index is 11.7. The zero-order chi connectivity index (χ0) is 15.0. The number of aryl methyl sites for hydroxylation is 1. The topological polar surface area (TPSA) is 61.2 Å². The minimum absolute atomic E-state index is 0.316. The first kappa shape index (κ1) is 13.9. The average Bonchev–Trinajstić information content (AvgIpc) is 2.80. The van der Waals surface area contributed by atoms with Crippen LogP contribution in [-0.2, 0) is 6.54 Å². The van der Waals surface area contributed by atoms with Gasteiger partial charge in [-0.3, -0.25) is 4.57 Å². The normalized spacial score (nSPS) is 12.7. The SMILES string of the molecule is CCn1c(=O)oc2cc(C(N)c3cccc(Cl)c3)ccc21. The molecule has 21 heavy (non-hydrogen) atoms. The zero-order valence-electron chi connectivity index (χ0n) is 11.5. The lowest BCUT2D eigenvalue weighted by molar-refractivity contribution is 0.513. The van der Waals surface area contributed by atoms with Crippen molar-refractivity contribution in [3.63, 3.8) is 0 Å². The molecule has 1 unspecified atom stereocenters. The highest BCUT2D eigenvalue weighted by molar-refractivity contribution is 6.30. The van der Waals surface area contributed by atoms with E-state index in [0.717, 1.165) is 16.6 Å². The molecule has 1 atom stereocenters. The van der Waals surface area contributed by atoms with Gasteiger partial charge >= 0.3 is 5.76 Å². The van der Waals surface area contributed by atoms with E-state index in [0.29, 0.717) is 17.2 Å². The van der Waals surface area contributed by atoms with Gasteiger partial charge in [-0.2, -0.15) is 0 Å². The van der Waals surface area contributed by atoms with Gasteiger partial charge < -0.3 is 10.2 Å². The van der Waals surface area contributed by atoms with Crippen molar-refractivity contribution in [1.29, 1.82) is 0 Å². The smallest absolute Gasteiger partial charge is 0.408 e. The molecule has 1 heterocycles. The van der Waals surface area contributed by atoms with Crippen molar-refractivity contribution in [3.8, 4) is 0 Å². The number of aromatic nitrogens is 1. The van der Waals surface area contributed by atoms with Gasteiger partial charge in [0.05, 0.1) is 11.6 Å².